The lowest BCUT2D eigenvalue weighted by atomic mass is 10.1. The minimum absolute atomic E-state index is 0.233. The second-order valence-electron chi connectivity index (χ2n) is 5.67. The van der Waals surface area contributed by atoms with Crippen molar-refractivity contribution in [2.24, 2.45) is 0 Å². The lowest BCUT2D eigenvalue weighted by Gasteiger charge is -2.35. The second-order valence-corrected chi connectivity index (χ2v) is 5.67. The molecule has 1 saturated heterocycles. The molecule has 0 aliphatic carbocycles. The van der Waals surface area contributed by atoms with Crippen molar-refractivity contribution in [3.63, 3.8) is 0 Å². The lowest BCUT2D eigenvalue weighted by molar-refractivity contribution is 0.188. The Hall–Kier alpha value is -1.72. The number of aliphatic hydroxyl groups is 1. The van der Waals surface area contributed by atoms with Crippen molar-refractivity contribution in [2.45, 2.75) is 13.8 Å². The van der Waals surface area contributed by atoms with Gasteiger partial charge in [0.25, 0.3) is 0 Å². The Morgan fingerprint density at radius 2 is 1.86 bits per heavy atom. The molecule has 2 aromatic rings. The summed E-state index contributed by atoms with van der Waals surface area (Å²) in [6, 6.07) is 6.31. The molecule has 3 heterocycles. The number of anilines is 1. The van der Waals surface area contributed by atoms with Gasteiger partial charge in [-0.05, 0) is 37.6 Å². The van der Waals surface area contributed by atoms with Crippen LogP contribution in [0.25, 0.3) is 11.0 Å². The van der Waals surface area contributed by atoms with E-state index in [1.807, 2.05) is 6.92 Å². The molecule has 0 spiro atoms. The first-order valence-corrected chi connectivity index (χ1v) is 7.50. The van der Waals surface area contributed by atoms with Gasteiger partial charge in [0.15, 0.2) is 5.65 Å². The number of hydrogen-bond acceptors (Lipinski definition) is 5. The Labute approximate surface area is 125 Å². The van der Waals surface area contributed by atoms with Crippen LogP contribution in [0.2, 0.25) is 0 Å². The van der Waals surface area contributed by atoms with Crippen molar-refractivity contribution in [2.75, 3.05) is 44.2 Å². The average molecular weight is 286 g/mol. The molecule has 5 heteroatoms. The smallest absolute Gasteiger partial charge is 0.162 e. The van der Waals surface area contributed by atoms with Crippen LogP contribution in [0, 0.1) is 13.8 Å². The predicted molar refractivity (Wildman–Crippen MR) is 84.8 cm³/mol. The van der Waals surface area contributed by atoms with Gasteiger partial charge in [-0.25, -0.2) is 9.97 Å². The summed E-state index contributed by atoms with van der Waals surface area (Å²) in [5, 5.41) is 10.1. The Morgan fingerprint density at radius 3 is 2.57 bits per heavy atom. The zero-order valence-corrected chi connectivity index (χ0v) is 12.7. The number of pyridine rings is 2. The first-order valence-electron chi connectivity index (χ1n) is 7.50. The summed E-state index contributed by atoms with van der Waals surface area (Å²) in [5.74, 6) is 1.00. The molecule has 0 radical (unpaired) electrons. The Bertz CT molecular complexity index is 635. The number of aryl methyl sites for hydroxylation is 2. The molecule has 21 heavy (non-hydrogen) atoms. The molecular formula is C16H22N4O. The van der Waals surface area contributed by atoms with Crippen molar-refractivity contribution in [1.29, 1.82) is 0 Å². The molecule has 0 saturated carbocycles. The summed E-state index contributed by atoms with van der Waals surface area (Å²) in [6.07, 6.45) is 0. The number of β-amino-alcohol motifs (C(OH)–C–C–N with tert-alkyl or cyclic N) is 1. The van der Waals surface area contributed by atoms with Crippen LogP contribution >= 0.6 is 0 Å². The SMILES string of the molecule is Cc1cc(C)c2ccc(N3CCN(CCO)CC3)nc2n1. The van der Waals surface area contributed by atoms with E-state index in [0.29, 0.717) is 0 Å². The molecule has 1 aliphatic heterocycles. The maximum absolute atomic E-state index is 9.00. The zero-order chi connectivity index (χ0) is 14.8. The maximum atomic E-state index is 9.00. The van der Waals surface area contributed by atoms with Gasteiger partial charge >= 0.3 is 0 Å². The van der Waals surface area contributed by atoms with Gasteiger partial charge in [0, 0.05) is 43.8 Å². The molecule has 5 nitrogen and oxygen atoms in total. The van der Waals surface area contributed by atoms with Crippen LogP contribution < -0.4 is 4.90 Å². The molecule has 0 unspecified atom stereocenters. The van der Waals surface area contributed by atoms with Crippen LogP contribution in [0.1, 0.15) is 11.3 Å². The average Bonchev–Trinajstić information content (AvgIpc) is 2.47. The van der Waals surface area contributed by atoms with Crippen LogP contribution in [-0.4, -0.2) is 59.3 Å². The molecule has 112 valence electrons. The van der Waals surface area contributed by atoms with Gasteiger partial charge < -0.3 is 10.0 Å². The lowest BCUT2D eigenvalue weighted by Crippen LogP contribution is -2.47. The molecule has 1 N–H and O–H groups in total. The van der Waals surface area contributed by atoms with Gasteiger partial charge in [-0.3, -0.25) is 4.90 Å². The van der Waals surface area contributed by atoms with E-state index >= 15 is 0 Å². The highest BCUT2D eigenvalue weighted by Gasteiger charge is 2.18. The van der Waals surface area contributed by atoms with Crippen LogP contribution in [0.4, 0.5) is 5.82 Å². The van der Waals surface area contributed by atoms with Crippen molar-refractivity contribution in [3.8, 4) is 0 Å². The van der Waals surface area contributed by atoms with Gasteiger partial charge in [0.2, 0.25) is 0 Å². The summed E-state index contributed by atoms with van der Waals surface area (Å²) in [6.45, 7) is 8.95. The number of aliphatic hydroxyl groups excluding tert-OH is 1. The first kappa shape index (κ1) is 14.2. The predicted octanol–water partition coefficient (Wildman–Crippen LogP) is 1.36. The third kappa shape index (κ3) is 2.99. The number of hydrogen-bond donors (Lipinski definition) is 1. The summed E-state index contributed by atoms with van der Waals surface area (Å²) < 4.78 is 0. The van der Waals surface area contributed by atoms with Crippen LogP contribution in [0.5, 0.6) is 0 Å². The molecule has 1 fully saturated rings. The molecule has 3 rings (SSSR count). The van der Waals surface area contributed by atoms with E-state index in [-0.39, 0.29) is 6.61 Å². The Kier molecular flexibility index (Phi) is 4.03. The number of aromatic nitrogens is 2. The van der Waals surface area contributed by atoms with Crippen LogP contribution in [0.15, 0.2) is 18.2 Å². The molecule has 0 atom stereocenters. The molecule has 2 aromatic heterocycles. The van der Waals surface area contributed by atoms with Gasteiger partial charge in [0.1, 0.15) is 5.82 Å². The highest BCUT2D eigenvalue weighted by molar-refractivity contribution is 5.80. The number of piperazine rings is 1. The summed E-state index contributed by atoms with van der Waals surface area (Å²) >= 11 is 0. The second kappa shape index (κ2) is 5.95. The van der Waals surface area contributed by atoms with Gasteiger partial charge in [-0.1, -0.05) is 0 Å². The van der Waals surface area contributed by atoms with Crippen LogP contribution in [0.3, 0.4) is 0 Å². The van der Waals surface area contributed by atoms with E-state index in [1.54, 1.807) is 0 Å². The first-order chi connectivity index (χ1) is 10.2. The summed E-state index contributed by atoms with van der Waals surface area (Å²) in [7, 11) is 0. The molecular weight excluding hydrogens is 264 g/mol. The Balaban J connectivity index is 1.82. The molecule has 0 amide bonds. The van der Waals surface area contributed by atoms with Gasteiger partial charge in [-0.2, -0.15) is 0 Å². The van der Waals surface area contributed by atoms with E-state index in [9.17, 15) is 0 Å². The quantitative estimate of drug-likeness (QED) is 0.923. The van der Waals surface area contributed by atoms with Gasteiger partial charge in [-0.15, -0.1) is 0 Å². The largest absolute Gasteiger partial charge is 0.395 e. The normalized spacial score (nSPS) is 16.6. The fourth-order valence-corrected chi connectivity index (χ4v) is 2.94. The minimum atomic E-state index is 0.233. The van der Waals surface area contributed by atoms with Gasteiger partial charge in [0.05, 0.1) is 6.61 Å². The highest BCUT2D eigenvalue weighted by Crippen LogP contribution is 2.21. The summed E-state index contributed by atoms with van der Waals surface area (Å²) in [4.78, 5) is 13.9. The van der Waals surface area contributed by atoms with E-state index in [0.717, 1.165) is 55.3 Å². The van der Waals surface area contributed by atoms with Crippen molar-refractivity contribution >= 4 is 16.9 Å². The summed E-state index contributed by atoms with van der Waals surface area (Å²) in [5.41, 5.74) is 3.07. The van der Waals surface area contributed by atoms with Crippen LogP contribution in [-0.2, 0) is 0 Å². The zero-order valence-electron chi connectivity index (χ0n) is 12.7. The fourth-order valence-electron chi connectivity index (χ4n) is 2.94. The van der Waals surface area contributed by atoms with Crippen molar-refractivity contribution in [3.05, 3.63) is 29.5 Å². The molecule has 1 aliphatic rings. The standard InChI is InChI=1S/C16H22N4O/c1-12-11-13(2)17-16-14(12)3-4-15(18-16)20-7-5-19(6-8-20)9-10-21/h3-4,11,21H,5-10H2,1-2H3. The minimum Gasteiger partial charge on any atom is -0.395 e. The highest BCUT2D eigenvalue weighted by atomic mass is 16.3. The Morgan fingerprint density at radius 1 is 1.10 bits per heavy atom. The van der Waals surface area contributed by atoms with E-state index in [1.165, 1.54) is 5.56 Å². The fraction of sp³-hybridized carbons (Fsp3) is 0.500. The topological polar surface area (TPSA) is 52.5 Å². The third-order valence-electron chi connectivity index (χ3n) is 4.11. The van der Waals surface area contributed by atoms with Crippen molar-refractivity contribution in [1.82, 2.24) is 14.9 Å². The van der Waals surface area contributed by atoms with E-state index < -0.39 is 0 Å². The van der Waals surface area contributed by atoms with E-state index in [2.05, 4.69) is 39.9 Å². The molecule has 0 aromatic carbocycles. The maximum Gasteiger partial charge on any atom is 0.162 e. The number of nitrogens with zero attached hydrogens (tertiary/aromatic N) is 4. The third-order valence-corrected chi connectivity index (χ3v) is 4.11. The monoisotopic (exact) mass is 286 g/mol. The number of fused-ring (bicyclic) bond motifs is 1. The van der Waals surface area contributed by atoms with Crippen molar-refractivity contribution < 1.29 is 5.11 Å². The van der Waals surface area contributed by atoms with E-state index in [4.69, 9.17) is 10.1 Å². The number of rotatable bonds is 3. The molecule has 0 bridgehead atoms.